The Hall–Kier alpha value is -2.22. The minimum absolute atomic E-state index is 0.142. The van der Waals surface area contributed by atoms with Gasteiger partial charge >= 0.3 is 11.9 Å². The van der Waals surface area contributed by atoms with Crippen molar-refractivity contribution in [2.45, 2.75) is 110 Å². The van der Waals surface area contributed by atoms with Gasteiger partial charge in [0, 0.05) is 33.0 Å². The highest BCUT2D eigenvalue weighted by Crippen LogP contribution is 2.37. The quantitative estimate of drug-likeness (QED) is 0.133. The van der Waals surface area contributed by atoms with Crippen molar-refractivity contribution in [3.63, 3.8) is 0 Å². The van der Waals surface area contributed by atoms with Crippen molar-refractivity contribution in [2.75, 3.05) is 14.2 Å². The standard InChI is InChI=1S/C32H50O7/c1-10-27(36-9)24(6)32-29(38-32)18-20(2)12-11-13-22(4)31-23(5)15-17-28(37-25(7)33)21(3)14-16-26(35-8)19-30(34)39-31/h11-13,15,17,20,23-24,26-29,31-32H,3,10,14,16,18-19H2,1-2,4-9H3/b12-11+,17-15+,22-13+. The van der Waals surface area contributed by atoms with Gasteiger partial charge < -0.3 is 23.7 Å². The molecule has 2 heterocycles. The molecule has 1 saturated heterocycles. The van der Waals surface area contributed by atoms with E-state index in [0.717, 1.165) is 24.0 Å². The number of methoxy groups -OCH3 is 2. The second-order valence-electron chi connectivity index (χ2n) is 11.1. The molecule has 7 nitrogen and oxygen atoms in total. The van der Waals surface area contributed by atoms with Crippen LogP contribution in [0.15, 0.2) is 48.1 Å². The van der Waals surface area contributed by atoms with Crippen LogP contribution < -0.4 is 0 Å². The molecule has 2 rings (SSSR count). The van der Waals surface area contributed by atoms with Crippen LogP contribution in [-0.2, 0) is 33.3 Å². The molecular weight excluding hydrogens is 496 g/mol. The Morgan fingerprint density at radius 2 is 1.95 bits per heavy atom. The minimum atomic E-state index is -0.532. The zero-order valence-corrected chi connectivity index (χ0v) is 25.2. The zero-order valence-electron chi connectivity index (χ0n) is 25.2. The van der Waals surface area contributed by atoms with E-state index in [1.54, 1.807) is 14.2 Å². The molecular formula is C32H50O7. The fraction of sp³-hybridized carbons (Fsp3) is 0.688. The summed E-state index contributed by atoms with van der Waals surface area (Å²) in [6, 6.07) is 0. The lowest BCUT2D eigenvalue weighted by Gasteiger charge is -2.26. The van der Waals surface area contributed by atoms with Crippen LogP contribution in [0.1, 0.15) is 73.6 Å². The maximum absolute atomic E-state index is 12.8. The molecule has 0 N–H and O–H groups in total. The normalized spacial score (nSPS) is 31.9. The van der Waals surface area contributed by atoms with Crippen molar-refractivity contribution >= 4 is 11.9 Å². The first kappa shape index (κ1) is 33.0. The second kappa shape index (κ2) is 16.1. The molecule has 0 bridgehead atoms. The second-order valence-corrected chi connectivity index (χ2v) is 11.1. The van der Waals surface area contributed by atoms with Gasteiger partial charge in [-0.05, 0) is 55.7 Å². The third kappa shape index (κ3) is 10.7. The number of ether oxygens (including phenoxy) is 5. The molecule has 0 aliphatic carbocycles. The topological polar surface area (TPSA) is 83.6 Å². The summed E-state index contributed by atoms with van der Waals surface area (Å²) in [4.78, 5) is 24.5. The molecule has 9 atom stereocenters. The van der Waals surface area contributed by atoms with Crippen LogP contribution in [0.5, 0.6) is 0 Å². The monoisotopic (exact) mass is 546 g/mol. The molecule has 39 heavy (non-hydrogen) atoms. The fourth-order valence-corrected chi connectivity index (χ4v) is 5.31. The SMILES string of the molecule is C=C1CCC(OC)CC(=O)OC(/C(C)=C/C=C/C(C)CC2OC2C(C)C(CC)OC)C(C)/C=C/C1OC(C)=O. The van der Waals surface area contributed by atoms with Crippen LogP contribution in [0.4, 0.5) is 0 Å². The average molecular weight is 547 g/mol. The molecule has 1 fully saturated rings. The van der Waals surface area contributed by atoms with E-state index in [-0.39, 0.29) is 48.7 Å². The lowest BCUT2D eigenvalue weighted by atomic mass is 9.93. The molecule has 9 unspecified atom stereocenters. The van der Waals surface area contributed by atoms with Crippen LogP contribution >= 0.6 is 0 Å². The summed E-state index contributed by atoms with van der Waals surface area (Å²) < 4.78 is 28.5. The highest BCUT2D eigenvalue weighted by molar-refractivity contribution is 5.70. The van der Waals surface area contributed by atoms with Crippen molar-refractivity contribution in [1.29, 1.82) is 0 Å². The third-order valence-corrected chi connectivity index (χ3v) is 7.82. The average Bonchev–Trinajstić information content (AvgIpc) is 3.65. The number of carbonyl (C=O) groups excluding carboxylic acids is 2. The van der Waals surface area contributed by atoms with Crippen molar-refractivity contribution in [3.8, 4) is 0 Å². The number of hydrogen-bond donors (Lipinski definition) is 0. The smallest absolute Gasteiger partial charge is 0.309 e. The maximum atomic E-state index is 12.8. The Balaban J connectivity index is 2.11. The third-order valence-electron chi connectivity index (χ3n) is 7.82. The molecule has 0 radical (unpaired) electrons. The van der Waals surface area contributed by atoms with Gasteiger partial charge in [-0.3, -0.25) is 9.59 Å². The van der Waals surface area contributed by atoms with Gasteiger partial charge in [-0.25, -0.2) is 0 Å². The predicted octanol–water partition coefficient (Wildman–Crippen LogP) is 6.13. The molecule has 0 aromatic rings. The highest BCUT2D eigenvalue weighted by atomic mass is 16.6. The van der Waals surface area contributed by atoms with Gasteiger partial charge in [0.1, 0.15) is 12.2 Å². The van der Waals surface area contributed by atoms with E-state index in [0.29, 0.717) is 24.7 Å². The van der Waals surface area contributed by atoms with Gasteiger partial charge in [-0.15, -0.1) is 0 Å². The summed E-state index contributed by atoms with van der Waals surface area (Å²) in [5.41, 5.74) is 1.70. The van der Waals surface area contributed by atoms with E-state index in [4.69, 9.17) is 23.7 Å². The lowest BCUT2D eigenvalue weighted by molar-refractivity contribution is -0.151. The van der Waals surface area contributed by atoms with Gasteiger partial charge in [0.15, 0.2) is 0 Å². The molecule has 0 amide bonds. The van der Waals surface area contributed by atoms with Crippen molar-refractivity contribution in [2.24, 2.45) is 17.8 Å². The number of allylic oxidation sites excluding steroid dienone is 3. The molecule has 0 saturated carbocycles. The lowest BCUT2D eigenvalue weighted by Crippen LogP contribution is -2.29. The maximum Gasteiger partial charge on any atom is 0.309 e. The summed E-state index contributed by atoms with van der Waals surface area (Å²) in [6.07, 6.45) is 12.7. The van der Waals surface area contributed by atoms with Crippen molar-refractivity contribution in [3.05, 3.63) is 48.1 Å². The Bertz CT molecular complexity index is 900. The molecule has 0 aromatic carbocycles. The van der Waals surface area contributed by atoms with Gasteiger partial charge in [-0.2, -0.15) is 0 Å². The number of carbonyl (C=O) groups is 2. The molecule has 220 valence electrons. The molecule has 0 aromatic heterocycles. The summed E-state index contributed by atoms with van der Waals surface area (Å²) in [5, 5.41) is 0. The van der Waals surface area contributed by atoms with E-state index in [1.165, 1.54) is 6.92 Å². The number of cyclic esters (lactones) is 1. The predicted molar refractivity (Wildman–Crippen MR) is 153 cm³/mol. The van der Waals surface area contributed by atoms with Gasteiger partial charge in [-0.1, -0.05) is 58.6 Å². The zero-order chi connectivity index (χ0) is 29.1. The van der Waals surface area contributed by atoms with Gasteiger partial charge in [0.2, 0.25) is 0 Å². The Morgan fingerprint density at radius 1 is 1.23 bits per heavy atom. The fourth-order valence-electron chi connectivity index (χ4n) is 5.31. The van der Waals surface area contributed by atoms with Crippen LogP contribution in [0.3, 0.4) is 0 Å². The summed E-state index contributed by atoms with van der Waals surface area (Å²) in [6.45, 7) is 16.0. The minimum Gasteiger partial charge on any atom is -0.457 e. The Kier molecular flexibility index (Phi) is 13.7. The Morgan fingerprint density at radius 3 is 2.56 bits per heavy atom. The first-order valence-corrected chi connectivity index (χ1v) is 14.3. The summed E-state index contributed by atoms with van der Waals surface area (Å²) >= 11 is 0. The largest absolute Gasteiger partial charge is 0.457 e. The molecule has 2 aliphatic rings. The Labute approximate surface area is 235 Å². The van der Waals surface area contributed by atoms with E-state index in [2.05, 4.69) is 33.4 Å². The summed E-state index contributed by atoms with van der Waals surface area (Å²) in [7, 11) is 3.35. The first-order valence-electron chi connectivity index (χ1n) is 14.3. The van der Waals surface area contributed by atoms with Gasteiger partial charge in [0.05, 0.1) is 30.8 Å². The van der Waals surface area contributed by atoms with E-state index in [1.807, 2.05) is 38.2 Å². The van der Waals surface area contributed by atoms with Crippen molar-refractivity contribution < 1.29 is 33.3 Å². The number of hydrogen-bond acceptors (Lipinski definition) is 7. The highest BCUT2D eigenvalue weighted by Gasteiger charge is 2.45. The van der Waals surface area contributed by atoms with Gasteiger partial charge in [0.25, 0.3) is 0 Å². The molecule has 2 aliphatic heterocycles. The van der Waals surface area contributed by atoms with Crippen LogP contribution in [0.2, 0.25) is 0 Å². The number of esters is 2. The molecule has 0 spiro atoms. The van der Waals surface area contributed by atoms with Crippen LogP contribution in [0, 0.1) is 17.8 Å². The van der Waals surface area contributed by atoms with E-state index < -0.39 is 12.2 Å². The van der Waals surface area contributed by atoms with E-state index >= 15 is 0 Å². The van der Waals surface area contributed by atoms with Crippen LogP contribution in [0.25, 0.3) is 0 Å². The van der Waals surface area contributed by atoms with Crippen LogP contribution in [-0.4, -0.2) is 62.8 Å². The van der Waals surface area contributed by atoms with Crippen molar-refractivity contribution in [1.82, 2.24) is 0 Å². The first-order chi connectivity index (χ1) is 18.5. The van der Waals surface area contributed by atoms with E-state index in [9.17, 15) is 9.59 Å². The summed E-state index contributed by atoms with van der Waals surface area (Å²) in [5.74, 6) is -0.0884. The molecule has 7 heteroatoms. The number of rotatable bonds is 11. The number of epoxide rings is 1.